The largest absolute Gasteiger partial charge is 0.478 e. The lowest BCUT2D eigenvalue weighted by Crippen LogP contribution is -2.36. The highest BCUT2D eigenvalue weighted by atomic mass is 16.5. The molecule has 30 heavy (non-hydrogen) atoms. The lowest BCUT2D eigenvalue weighted by molar-refractivity contribution is 0.0475. The van der Waals surface area contributed by atoms with Crippen LogP contribution in [0.15, 0.2) is 36.4 Å². The monoisotopic (exact) mass is 408 g/mol. The number of hydrogen-bond donors (Lipinski definition) is 2. The first-order valence-electron chi connectivity index (χ1n) is 9.63. The molecule has 3 amide bonds. The molecule has 0 unspecified atom stereocenters. The van der Waals surface area contributed by atoms with E-state index in [0.29, 0.717) is 12.2 Å². The Balaban J connectivity index is 1.58. The second-order valence-electron chi connectivity index (χ2n) is 7.37. The van der Waals surface area contributed by atoms with Crippen LogP contribution in [-0.2, 0) is 4.74 Å². The number of carboxylic acid groups (broad SMARTS) is 1. The third kappa shape index (κ3) is 3.46. The van der Waals surface area contributed by atoms with E-state index in [1.165, 1.54) is 24.3 Å². The standard InChI is InChI=1S/C22H20N2O6/c1-12-4-2-6-16(22(28)29)18(12)23-19(25)13-7-8-15-17(10-13)21(27)24(20(15)26)11-14-5-3-9-30-14/h2,4,6-8,10,14H,3,5,9,11H2,1H3,(H,23,25)(H,28,29)/t14-/m1/s1. The number of para-hydroxylation sites is 1. The summed E-state index contributed by atoms with van der Waals surface area (Å²) in [4.78, 5) is 50.7. The molecule has 4 rings (SSSR count). The van der Waals surface area contributed by atoms with Crippen molar-refractivity contribution < 1.29 is 29.0 Å². The van der Waals surface area contributed by atoms with Gasteiger partial charge >= 0.3 is 5.97 Å². The van der Waals surface area contributed by atoms with E-state index >= 15 is 0 Å². The molecule has 0 bridgehead atoms. The van der Waals surface area contributed by atoms with E-state index in [-0.39, 0.29) is 40.6 Å². The van der Waals surface area contributed by atoms with Crippen LogP contribution in [0.2, 0.25) is 0 Å². The van der Waals surface area contributed by atoms with Crippen molar-refractivity contribution in [2.24, 2.45) is 0 Å². The van der Waals surface area contributed by atoms with Crippen LogP contribution in [-0.4, -0.2) is 53.0 Å². The Morgan fingerprint density at radius 3 is 2.63 bits per heavy atom. The third-order valence-corrected chi connectivity index (χ3v) is 5.38. The number of amides is 3. The number of benzene rings is 2. The van der Waals surface area contributed by atoms with E-state index in [2.05, 4.69) is 5.32 Å². The molecule has 1 saturated heterocycles. The predicted octanol–water partition coefficient (Wildman–Crippen LogP) is 2.72. The van der Waals surface area contributed by atoms with E-state index in [9.17, 15) is 24.3 Å². The van der Waals surface area contributed by atoms with Gasteiger partial charge in [0.15, 0.2) is 0 Å². The normalized spacial score (nSPS) is 17.9. The lowest BCUT2D eigenvalue weighted by Gasteiger charge is -2.17. The Hall–Kier alpha value is -3.52. The summed E-state index contributed by atoms with van der Waals surface area (Å²) in [6.07, 6.45) is 1.53. The highest BCUT2D eigenvalue weighted by molar-refractivity contribution is 6.22. The second kappa shape index (κ2) is 7.72. The Kier molecular flexibility index (Phi) is 5.09. The Morgan fingerprint density at radius 2 is 1.93 bits per heavy atom. The van der Waals surface area contributed by atoms with Crippen LogP contribution in [0.4, 0.5) is 5.69 Å². The van der Waals surface area contributed by atoms with E-state index in [4.69, 9.17) is 4.74 Å². The van der Waals surface area contributed by atoms with E-state index < -0.39 is 23.7 Å². The Labute approximate surface area is 172 Å². The van der Waals surface area contributed by atoms with Crippen molar-refractivity contribution in [1.29, 1.82) is 0 Å². The average Bonchev–Trinajstić information content (AvgIpc) is 3.32. The summed E-state index contributed by atoms with van der Waals surface area (Å²) < 4.78 is 5.52. The maximum absolute atomic E-state index is 12.8. The van der Waals surface area contributed by atoms with Gasteiger partial charge in [0, 0.05) is 12.2 Å². The number of imide groups is 1. The zero-order valence-corrected chi connectivity index (χ0v) is 16.3. The maximum Gasteiger partial charge on any atom is 0.337 e. The van der Waals surface area contributed by atoms with Crippen molar-refractivity contribution in [3.63, 3.8) is 0 Å². The highest BCUT2D eigenvalue weighted by Gasteiger charge is 2.38. The van der Waals surface area contributed by atoms with E-state index in [0.717, 1.165) is 17.7 Å². The van der Waals surface area contributed by atoms with Gasteiger partial charge in [-0.05, 0) is 49.6 Å². The lowest BCUT2D eigenvalue weighted by atomic mass is 10.0. The van der Waals surface area contributed by atoms with Gasteiger partial charge in [-0.1, -0.05) is 12.1 Å². The molecular formula is C22H20N2O6. The molecule has 8 heteroatoms. The molecule has 0 aromatic heterocycles. The van der Waals surface area contributed by atoms with Gasteiger partial charge in [-0.2, -0.15) is 0 Å². The summed E-state index contributed by atoms with van der Waals surface area (Å²) in [5.74, 6) is -2.58. The first-order chi connectivity index (χ1) is 14.4. The number of fused-ring (bicyclic) bond motifs is 1. The molecule has 2 N–H and O–H groups in total. The van der Waals surface area contributed by atoms with Crippen LogP contribution in [0.1, 0.15) is 59.8 Å². The Morgan fingerprint density at radius 1 is 1.17 bits per heavy atom. The van der Waals surface area contributed by atoms with Crippen molar-refractivity contribution in [1.82, 2.24) is 4.90 Å². The minimum absolute atomic E-state index is 0.0292. The molecule has 8 nitrogen and oxygen atoms in total. The van der Waals surface area contributed by atoms with Gasteiger partial charge < -0.3 is 15.2 Å². The third-order valence-electron chi connectivity index (χ3n) is 5.38. The number of rotatable bonds is 5. The summed E-state index contributed by atoms with van der Waals surface area (Å²) >= 11 is 0. The number of nitrogens with one attached hydrogen (secondary N) is 1. The molecule has 1 fully saturated rings. The zero-order valence-electron chi connectivity index (χ0n) is 16.3. The van der Waals surface area contributed by atoms with Gasteiger partial charge in [0.25, 0.3) is 17.7 Å². The summed E-state index contributed by atoms with van der Waals surface area (Å²) in [6, 6.07) is 8.97. The number of carbonyl (C=O) groups excluding carboxylic acids is 3. The zero-order chi connectivity index (χ0) is 21.4. The van der Waals surface area contributed by atoms with Crippen molar-refractivity contribution >= 4 is 29.4 Å². The van der Waals surface area contributed by atoms with Gasteiger partial charge in [-0.25, -0.2) is 4.79 Å². The topological polar surface area (TPSA) is 113 Å². The number of aromatic carboxylic acids is 1. The van der Waals surface area contributed by atoms with Crippen molar-refractivity contribution in [3.05, 3.63) is 64.2 Å². The number of ether oxygens (including phenoxy) is 1. The van der Waals surface area contributed by atoms with Gasteiger partial charge in [-0.3, -0.25) is 19.3 Å². The summed E-state index contributed by atoms with van der Waals surface area (Å²) in [6.45, 7) is 2.50. The van der Waals surface area contributed by atoms with Gasteiger partial charge in [0.1, 0.15) is 0 Å². The van der Waals surface area contributed by atoms with Crippen LogP contribution in [0, 0.1) is 6.92 Å². The summed E-state index contributed by atoms with van der Waals surface area (Å²) in [5, 5.41) is 12.0. The first kappa shape index (κ1) is 19.8. The summed E-state index contributed by atoms with van der Waals surface area (Å²) in [7, 11) is 0. The molecule has 2 aromatic rings. The van der Waals surface area contributed by atoms with Gasteiger partial charge in [0.05, 0.1) is 35.0 Å². The van der Waals surface area contributed by atoms with Crippen LogP contribution < -0.4 is 5.32 Å². The molecule has 2 aliphatic rings. The smallest absolute Gasteiger partial charge is 0.337 e. The molecular weight excluding hydrogens is 388 g/mol. The van der Waals surface area contributed by atoms with Crippen molar-refractivity contribution in [2.45, 2.75) is 25.9 Å². The number of carbonyl (C=O) groups is 4. The fraction of sp³-hybridized carbons (Fsp3) is 0.273. The van der Waals surface area contributed by atoms with E-state index in [1.54, 1.807) is 19.1 Å². The second-order valence-corrected chi connectivity index (χ2v) is 7.37. The van der Waals surface area contributed by atoms with Gasteiger partial charge in [-0.15, -0.1) is 0 Å². The van der Waals surface area contributed by atoms with Crippen LogP contribution in [0.25, 0.3) is 0 Å². The fourth-order valence-electron chi connectivity index (χ4n) is 3.79. The predicted molar refractivity (Wildman–Crippen MR) is 107 cm³/mol. The number of aryl methyl sites for hydroxylation is 1. The number of hydrogen-bond acceptors (Lipinski definition) is 5. The van der Waals surface area contributed by atoms with Crippen LogP contribution in [0.5, 0.6) is 0 Å². The number of nitrogens with zero attached hydrogens (tertiary/aromatic N) is 1. The van der Waals surface area contributed by atoms with Crippen LogP contribution >= 0.6 is 0 Å². The molecule has 0 aliphatic carbocycles. The van der Waals surface area contributed by atoms with Crippen molar-refractivity contribution in [2.75, 3.05) is 18.5 Å². The molecule has 154 valence electrons. The molecule has 0 spiro atoms. The minimum Gasteiger partial charge on any atom is -0.478 e. The van der Waals surface area contributed by atoms with E-state index in [1.807, 2.05) is 0 Å². The number of carboxylic acids is 1. The van der Waals surface area contributed by atoms with Crippen molar-refractivity contribution in [3.8, 4) is 0 Å². The quantitative estimate of drug-likeness (QED) is 0.736. The summed E-state index contributed by atoms with van der Waals surface area (Å²) in [5.41, 5.74) is 1.33. The first-order valence-corrected chi connectivity index (χ1v) is 9.63. The highest BCUT2D eigenvalue weighted by Crippen LogP contribution is 2.27. The minimum atomic E-state index is -1.16. The molecule has 0 saturated carbocycles. The molecule has 1 atom stereocenters. The Bertz CT molecular complexity index is 1070. The molecule has 2 aliphatic heterocycles. The molecule has 2 heterocycles. The van der Waals surface area contributed by atoms with Gasteiger partial charge in [0.2, 0.25) is 0 Å². The number of anilines is 1. The fourth-order valence-corrected chi connectivity index (χ4v) is 3.79. The molecule has 0 radical (unpaired) electrons. The maximum atomic E-state index is 12.8. The SMILES string of the molecule is Cc1cccc(C(=O)O)c1NC(=O)c1ccc2c(c1)C(=O)N(C[C@H]1CCCO1)C2=O. The van der Waals surface area contributed by atoms with Crippen LogP contribution in [0.3, 0.4) is 0 Å². The molecule has 2 aromatic carbocycles. The average molecular weight is 408 g/mol.